The second kappa shape index (κ2) is 10.1. The lowest BCUT2D eigenvalue weighted by molar-refractivity contribution is 0.0506. The van der Waals surface area contributed by atoms with Gasteiger partial charge in [-0.25, -0.2) is 8.42 Å². The summed E-state index contributed by atoms with van der Waals surface area (Å²) in [4.78, 5) is 19.8. The van der Waals surface area contributed by atoms with E-state index in [0.29, 0.717) is 38.3 Å². The molecule has 1 unspecified atom stereocenters. The molecule has 3 heterocycles. The van der Waals surface area contributed by atoms with Crippen molar-refractivity contribution in [3.63, 3.8) is 0 Å². The first-order chi connectivity index (χ1) is 15.4. The summed E-state index contributed by atoms with van der Waals surface area (Å²) < 4.78 is 33.7. The minimum atomic E-state index is -3.61. The average Bonchev–Trinajstić information content (AvgIpc) is 3.33. The molecule has 32 heavy (non-hydrogen) atoms. The Kier molecular flexibility index (Phi) is 7.23. The molecule has 0 N–H and O–H groups in total. The molecule has 8 heteroatoms. The van der Waals surface area contributed by atoms with Crippen molar-refractivity contribution in [3.8, 4) is 0 Å². The van der Waals surface area contributed by atoms with Crippen molar-refractivity contribution in [1.29, 1.82) is 0 Å². The molecule has 2 saturated heterocycles. The minimum absolute atomic E-state index is 0.00353. The van der Waals surface area contributed by atoms with E-state index in [1.807, 2.05) is 19.1 Å². The molecule has 2 aliphatic heterocycles. The van der Waals surface area contributed by atoms with Gasteiger partial charge in [-0.3, -0.25) is 9.78 Å². The fourth-order valence-corrected chi connectivity index (χ4v) is 5.93. The number of amides is 1. The van der Waals surface area contributed by atoms with Gasteiger partial charge in [0.25, 0.3) is 5.91 Å². The van der Waals surface area contributed by atoms with Gasteiger partial charge < -0.3 is 9.64 Å². The van der Waals surface area contributed by atoms with Crippen LogP contribution in [0.15, 0.2) is 47.6 Å². The summed E-state index contributed by atoms with van der Waals surface area (Å²) in [5.74, 6) is -0.183. The molecule has 1 aromatic heterocycles. The molecule has 1 amide bonds. The van der Waals surface area contributed by atoms with Crippen LogP contribution in [0.2, 0.25) is 0 Å². The number of sulfonamides is 1. The fraction of sp³-hybridized carbons (Fsp3) is 0.500. The van der Waals surface area contributed by atoms with E-state index in [1.54, 1.807) is 35.5 Å². The van der Waals surface area contributed by atoms with Gasteiger partial charge >= 0.3 is 0 Å². The predicted octanol–water partition coefficient (Wildman–Crippen LogP) is 3.39. The number of carbonyl (C=O) groups is 1. The highest BCUT2D eigenvalue weighted by Gasteiger charge is 2.29. The first kappa shape index (κ1) is 22.9. The molecule has 2 fully saturated rings. The standard InChI is InChI=1S/C24H31N3O4S/c1-19-9-10-22(32(29,30)27-12-3-2-4-13-27)15-23(19)24(28)26(18-21-8-6-14-31-21)17-20-7-5-11-25-16-20/h5,7,9-11,15-16,21H,2-4,6,8,12-14,17-18H2,1H3. The van der Waals surface area contributed by atoms with Crippen LogP contribution < -0.4 is 0 Å². The van der Waals surface area contributed by atoms with Crippen LogP contribution in [-0.2, 0) is 21.3 Å². The van der Waals surface area contributed by atoms with Crippen LogP contribution in [0.3, 0.4) is 0 Å². The van der Waals surface area contributed by atoms with E-state index in [4.69, 9.17) is 4.74 Å². The van der Waals surface area contributed by atoms with Gasteiger partial charge in [0, 0.05) is 50.7 Å². The molecule has 1 aromatic carbocycles. The summed E-state index contributed by atoms with van der Waals surface area (Å²) in [5.41, 5.74) is 2.11. The van der Waals surface area contributed by atoms with Gasteiger partial charge in [-0.1, -0.05) is 18.6 Å². The molecule has 2 aliphatic rings. The topological polar surface area (TPSA) is 79.8 Å². The predicted molar refractivity (Wildman–Crippen MR) is 122 cm³/mol. The van der Waals surface area contributed by atoms with Gasteiger partial charge in [0.1, 0.15) is 0 Å². The highest BCUT2D eigenvalue weighted by molar-refractivity contribution is 7.89. The van der Waals surface area contributed by atoms with E-state index in [0.717, 1.165) is 43.2 Å². The van der Waals surface area contributed by atoms with Crippen molar-refractivity contribution in [3.05, 3.63) is 59.4 Å². The Morgan fingerprint density at radius 3 is 2.69 bits per heavy atom. The number of hydrogen-bond donors (Lipinski definition) is 0. The minimum Gasteiger partial charge on any atom is -0.376 e. The van der Waals surface area contributed by atoms with Crippen molar-refractivity contribution < 1.29 is 17.9 Å². The van der Waals surface area contributed by atoms with Crippen molar-refractivity contribution in [2.45, 2.75) is 56.6 Å². The van der Waals surface area contributed by atoms with E-state index in [1.165, 1.54) is 4.31 Å². The number of pyridine rings is 1. The number of aryl methyl sites for hydroxylation is 1. The van der Waals surface area contributed by atoms with Crippen LogP contribution in [0.25, 0.3) is 0 Å². The normalized spacial score (nSPS) is 19.7. The zero-order valence-corrected chi connectivity index (χ0v) is 19.4. The van der Waals surface area contributed by atoms with E-state index in [2.05, 4.69) is 4.98 Å². The van der Waals surface area contributed by atoms with Crippen molar-refractivity contribution in [2.24, 2.45) is 0 Å². The van der Waals surface area contributed by atoms with E-state index in [9.17, 15) is 13.2 Å². The van der Waals surface area contributed by atoms with E-state index in [-0.39, 0.29) is 16.9 Å². The highest BCUT2D eigenvalue weighted by atomic mass is 32.2. The summed E-state index contributed by atoms with van der Waals surface area (Å²) in [6.45, 7) is 4.49. The molecule has 2 aromatic rings. The van der Waals surface area contributed by atoms with Crippen LogP contribution in [0.4, 0.5) is 0 Å². The molecule has 7 nitrogen and oxygen atoms in total. The molecule has 172 valence electrons. The SMILES string of the molecule is Cc1ccc(S(=O)(=O)N2CCCCC2)cc1C(=O)N(Cc1cccnc1)CC1CCCO1. The van der Waals surface area contributed by atoms with Gasteiger partial charge in [0.2, 0.25) is 10.0 Å². The van der Waals surface area contributed by atoms with Crippen molar-refractivity contribution in [2.75, 3.05) is 26.2 Å². The van der Waals surface area contributed by atoms with Crippen LogP contribution in [0.1, 0.15) is 53.6 Å². The first-order valence-corrected chi connectivity index (χ1v) is 12.8. The Hall–Kier alpha value is -2.29. The highest BCUT2D eigenvalue weighted by Crippen LogP contribution is 2.25. The maximum absolute atomic E-state index is 13.7. The maximum Gasteiger partial charge on any atom is 0.254 e. The molecule has 1 atom stereocenters. The average molecular weight is 458 g/mol. The summed E-state index contributed by atoms with van der Waals surface area (Å²) >= 11 is 0. The lowest BCUT2D eigenvalue weighted by Gasteiger charge is -2.28. The lowest BCUT2D eigenvalue weighted by Crippen LogP contribution is -2.38. The molecule has 0 aliphatic carbocycles. The zero-order chi connectivity index (χ0) is 22.6. The molecular formula is C24H31N3O4S. The molecule has 4 rings (SSSR count). The Morgan fingerprint density at radius 2 is 2.00 bits per heavy atom. The number of carbonyl (C=O) groups excluding carboxylic acids is 1. The van der Waals surface area contributed by atoms with E-state index >= 15 is 0 Å². The number of aromatic nitrogens is 1. The lowest BCUT2D eigenvalue weighted by atomic mass is 10.1. The summed E-state index contributed by atoms with van der Waals surface area (Å²) in [5, 5.41) is 0. The molecule has 0 radical (unpaired) electrons. The number of hydrogen-bond acceptors (Lipinski definition) is 5. The second-order valence-electron chi connectivity index (χ2n) is 8.62. The third-order valence-corrected chi connectivity index (χ3v) is 8.12. The quantitative estimate of drug-likeness (QED) is 0.637. The van der Waals surface area contributed by atoms with Gasteiger partial charge in [0.05, 0.1) is 11.0 Å². The number of piperidine rings is 1. The molecule has 0 bridgehead atoms. The summed E-state index contributed by atoms with van der Waals surface area (Å²) in [7, 11) is -3.61. The Labute approximate surface area is 190 Å². The monoisotopic (exact) mass is 457 g/mol. The fourth-order valence-electron chi connectivity index (χ4n) is 4.38. The van der Waals surface area contributed by atoms with Crippen molar-refractivity contribution >= 4 is 15.9 Å². The third kappa shape index (κ3) is 5.19. The largest absolute Gasteiger partial charge is 0.376 e. The Morgan fingerprint density at radius 1 is 1.19 bits per heavy atom. The van der Waals surface area contributed by atoms with Gasteiger partial charge in [-0.15, -0.1) is 0 Å². The van der Waals surface area contributed by atoms with Crippen LogP contribution >= 0.6 is 0 Å². The summed E-state index contributed by atoms with van der Waals surface area (Å²) in [6.07, 6.45) is 8.15. The van der Waals surface area contributed by atoms with Crippen LogP contribution in [0, 0.1) is 6.92 Å². The summed E-state index contributed by atoms with van der Waals surface area (Å²) in [6, 6.07) is 8.68. The van der Waals surface area contributed by atoms with Crippen LogP contribution in [-0.4, -0.2) is 60.9 Å². The Balaban J connectivity index is 1.62. The van der Waals surface area contributed by atoms with Gasteiger partial charge in [0.15, 0.2) is 0 Å². The molecule has 0 spiro atoms. The smallest absolute Gasteiger partial charge is 0.254 e. The first-order valence-electron chi connectivity index (χ1n) is 11.4. The number of benzene rings is 1. The third-order valence-electron chi connectivity index (χ3n) is 6.22. The van der Waals surface area contributed by atoms with Gasteiger partial charge in [-0.05, 0) is 61.9 Å². The van der Waals surface area contributed by atoms with Crippen molar-refractivity contribution in [1.82, 2.24) is 14.2 Å². The number of rotatable bonds is 7. The number of ether oxygens (including phenoxy) is 1. The van der Waals surface area contributed by atoms with E-state index < -0.39 is 10.0 Å². The zero-order valence-electron chi connectivity index (χ0n) is 18.6. The molecular weight excluding hydrogens is 426 g/mol. The van der Waals surface area contributed by atoms with Gasteiger partial charge in [-0.2, -0.15) is 4.31 Å². The van der Waals surface area contributed by atoms with Crippen LogP contribution in [0.5, 0.6) is 0 Å². The number of nitrogens with zero attached hydrogens (tertiary/aromatic N) is 3. The molecule has 0 saturated carbocycles. The second-order valence-corrected chi connectivity index (χ2v) is 10.6. The maximum atomic E-state index is 13.7. The Bertz CT molecular complexity index is 1030.